The van der Waals surface area contributed by atoms with E-state index in [4.69, 9.17) is 4.74 Å². The van der Waals surface area contributed by atoms with E-state index < -0.39 is 0 Å². The van der Waals surface area contributed by atoms with Crippen LogP contribution in [0.3, 0.4) is 0 Å². The molecular weight excluding hydrogens is 304 g/mol. The molecule has 2 aromatic carbocycles. The lowest BCUT2D eigenvalue weighted by Gasteiger charge is -2.17. The molecule has 24 heavy (non-hydrogen) atoms. The lowest BCUT2D eigenvalue weighted by atomic mass is 10.0. The molecule has 0 atom stereocenters. The maximum absolute atomic E-state index is 11.9. The molecule has 0 spiro atoms. The van der Waals surface area contributed by atoms with Crippen LogP contribution in [0.5, 0.6) is 5.75 Å². The molecule has 1 aliphatic heterocycles. The van der Waals surface area contributed by atoms with Gasteiger partial charge in [0.25, 0.3) is 5.91 Å². The summed E-state index contributed by atoms with van der Waals surface area (Å²) >= 11 is 0. The molecule has 1 aliphatic rings. The van der Waals surface area contributed by atoms with Crippen molar-refractivity contribution < 1.29 is 14.3 Å². The van der Waals surface area contributed by atoms with Crippen LogP contribution in [0.15, 0.2) is 42.5 Å². The molecule has 0 saturated heterocycles. The summed E-state index contributed by atoms with van der Waals surface area (Å²) in [6.45, 7) is 2.41. The molecule has 2 amide bonds. The minimum atomic E-state index is -0.164. The van der Waals surface area contributed by atoms with E-state index in [-0.39, 0.29) is 18.4 Å². The van der Waals surface area contributed by atoms with Gasteiger partial charge in [0.2, 0.25) is 5.91 Å². The molecule has 0 fully saturated rings. The molecule has 124 valence electrons. The molecule has 2 N–H and O–H groups in total. The molecule has 0 aromatic heterocycles. The fourth-order valence-electron chi connectivity index (χ4n) is 2.65. The van der Waals surface area contributed by atoms with Crippen molar-refractivity contribution >= 4 is 17.5 Å². The second kappa shape index (κ2) is 7.17. The average molecular weight is 324 g/mol. The summed E-state index contributed by atoms with van der Waals surface area (Å²) in [6, 6.07) is 13.4. The van der Waals surface area contributed by atoms with Gasteiger partial charge in [0.05, 0.1) is 0 Å². The second-order valence-electron chi connectivity index (χ2n) is 5.92. The Bertz CT molecular complexity index is 771. The Hall–Kier alpha value is -2.82. The van der Waals surface area contributed by atoms with E-state index in [1.165, 1.54) is 0 Å². The Morgan fingerprint density at radius 1 is 1.21 bits per heavy atom. The zero-order chi connectivity index (χ0) is 16.9. The fraction of sp³-hybridized carbons (Fsp3) is 0.263. The number of hydrogen-bond acceptors (Lipinski definition) is 3. The van der Waals surface area contributed by atoms with Crippen molar-refractivity contribution in [1.82, 2.24) is 5.32 Å². The molecule has 0 bridgehead atoms. The number of fused-ring (bicyclic) bond motifs is 1. The van der Waals surface area contributed by atoms with Crippen LogP contribution in [0, 0.1) is 6.92 Å². The Morgan fingerprint density at radius 2 is 2.08 bits per heavy atom. The van der Waals surface area contributed by atoms with Gasteiger partial charge in [0.1, 0.15) is 5.75 Å². The van der Waals surface area contributed by atoms with E-state index in [1.54, 1.807) is 0 Å². The predicted octanol–water partition coefficient (Wildman–Crippen LogP) is 2.57. The number of benzene rings is 2. The van der Waals surface area contributed by atoms with Gasteiger partial charge in [-0.25, -0.2) is 0 Å². The highest BCUT2D eigenvalue weighted by Crippen LogP contribution is 2.23. The molecular formula is C19H20N2O3. The van der Waals surface area contributed by atoms with Crippen LogP contribution in [0.4, 0.5) is 5.69 Å². The SMILES string of the molecule is Cc1cccc(OCC(=O)NCc2ccc3c(c2)CCC(=O)N3)c1. The molecule has 3 rings (SSSR count). The quantitative estimate of drug-likeness (QED) is 0.888. The van der Waals surface area contributed by atoms with Gasteiger partial charge in [0, 0.05) is 18.7 Å². The highest BCUT2D eigenvalue weighted by atomic mass is 16.5. The fourth-order valence-corrected chi connectivity index (χ4v) is 2.65. The Labute approximate surface area is 141 Å². The molecule has 1 heterocycles. The zero-order valence-electron chi connectivity index (χ0n) is 13.6. The first-order valence-corrected chi connectivity index (χ1v) is 7.98. The van der Waals surface area contributed by atoms with Crippen LogP contribution < -0.4 is 15.4 Å². The summed E-state index contributed by atoms with van der Waals surface area (Å²) < 4.78 is 5.48. The zero-order valence-corrected chi connectivity index (χ0v) is 13.6. The summed E-state index contributed by atoms with van der Waals surface area (Å²) in [5.41, 5.74) is 4.07. The van der Waals surface area contributed by atoms with Gasteiger partial charge < -0.3 is 15.4 Å². The minimum absolute atomic E-state index is 0.00947. The summed E-state index contributed by atoms with van der Waals surface area (Å²) in [4.78, 5) is 23.3. The van der Waals surface area contributed by atoms with Crippen molar-refractivity contribution in [3.05, 3.63) is 59.2 Å². The molecule has 2 aromatic rings. The number of aryl methyl sites for hydroxylation is 2. The Balaban J connectivity index is 1.50. The average Bonchev–Trinajstić information content (AvgIpc) is 2.58. The van der Waals surface area contributed by atoms with Gasteiger partial charge in [-0.15, -0.1) is 0 Å². The van der Waals surface area contributed by atoms with Crippen LogP contribution >= 0.6 is 0 Å². The van der Waals surface area contributed by atoms with Gasteiger partial charge >= 0.3 is 0 Å². The van der Waals surface area contributed by atoms with Crippen LogP contribution in [-0.4, -0.2) is 18.4 Å². The number of rotatable bonds is 5. The molecule has 0 aliphatic carbocycles. The van der Waals surface area contributed by atoms with E-state index in [9.17, 15) is 9.59 Å². The van der Waals surface area contributed by atoms with E-state index in [0.717, 1.165) is 28.8 Å². The number of carbonyl (C=O) groups excluding carboxylic acids is 2. The molecule has 0 saturated carbocycles. The number of amides is 2. The summed E-state index contributed by atoms with van der Waals surface area (Å²) in [5, 5.41) is 5.70. The summed E-state index contributed by atoms with van der Waals surface area (Å²) in [7, 11) is 0. The third-order valence-electron chi connectivity index (χ3n) is 3.91. The van der Waals surface area contributed by atoms with Crippen molar-refractivity contribution in [3.8, 4) is 5.75 Å². The standard InChI is InChI=1S/C19H20N2O3/c1-13-3-2-4-16(9-13)24-12-19(23)20-11-14-5-7-17-15(10-14)6-8-18(22)21-17/h2-5,7,9-10H,6,8,11-12H2,1H3,(H,20,23)(H,21,22). The van der Waals surface area contributed by atoms with E-state index in [0.29, 0.717) is 18.7 Å². The van der Waals surface area contributed by atoms with Crippen molar-refractivity contribution in [2.24, 2.45) is 0 Å². The highest BCUT2D eigenvalue weighted by Gasteiger charge is 2.14. The van der Waals surface area contributed by atoms with Crippen molar-refractivity contribution in [3.63, 3.8) is 0 Å². The van der Waals surface area contributed by atoms with Crippen LogP contribution in [0.1, 0.15) is 23.1 Å². The summed E-state index contributed by atoms with van der Waals surface area (Å²) in [6.07, 6.45) is 1.24. The summed E-state index contributed by atoms with van der Waals surface area (Å²) in [5.74, 6) is 0.578. The van der Waals surface area contributed by atoms with Crippen molar-refractivity contribution in [1.29, 1.82) is 0 Å². The van der Waals surface area contributed by atoms with Gasteiger partial charge in [-0.05, 0) is 48.2 Å². The second-order valence-corrected chi connectivity index (χ2v) is 5.92. The third-order valence-corrected chi connectivity index (χ3v) is 3.91. The Morgan fingerprint density at radius 3 is 2.92 bits per heavy atom. The minimum Gasteiger partial charge on any atom is -0.484 e. The molecule has 5 nitrogen and oxygen atoms in total. The predicted molar refractivity (Wildman–Crippen MR) is 91.9 cm³/mol. The van der Waals surface area contributed by atoms with Crippen LogP contribution in [0.25, 0.3) is 0 Å². The molecule has 0 radical (unpaired) electrons. The van der Waals surface area contributed by atoms with Gasteiger partial charge in [-0.3, -0.25) is 9.59 Å². The van der Waals surface area contributed by atoms with Crippen LogP contribution in [0.2, 0.25) is 0 Å². The lowest BCUT2D eigenvalue weighted by molar-refractivity contribution is -0.123. The highest BCUT2D eigenvalue weighted by molar-refractivity contribution is 5.93. The van der Waals surface area contributed by atoms with E-state index in [2.05, 4.69) is 10.6 Å². The van der Waals surface area contributed by atoms with Gasteiger partial charge in [-0.1, -0.05) is 24.3 Å². The van der Waals surface area contributed by atoms with E-state index >= 15 is 0 Å². The number of carbonyl (C=O) groups is 2. The van der Waals surface area contributed by atoms with Crippen molar-refractivity contribution in [2.75, 3.05) is 11.9 Å². The first-order valence-electron chi connectivity index (χ1n) is 7.98. The topological polar surface area (TPSA) is 67.4 Å². The third kappa shape index (κ3) is 4.13. The maximum Gasteiger partial charge on any atom is 0.258 e. The number of hydrogen-bond donors (Lipinski definition) is 2. The normalized spacial score (nSPS) is 13.0. The number of ether oxygens (including phenoxy) is 1. The Kier molecular flexibility index (Phi) is 4.79. The van der Waals surface area contributed by atoms with Gasteiger partial charge in [0.15, 0.2) is 6.61 Å². The molecule has 0 unspecified atom stereocenters. The maximum atomic E-state index is 11.9. The lowest BCUT2D eigenvalue weighted by Crippen LogP contribution is -2.28. The van der Waals surface area contributed by atoms with E-state index in [1.807, 2.05) is 49.4 Å². The number of anilines is 1. The largest absolute Gasteiger partial charge is 0.484 e. The molecule has 5 heteroatoms. The van der Waals surface area contributed by atoms with Crippen molar-refractivity contribution in [2.45, 2.75) is 26.3 Å². The first-order chi connectivity index (χ1) is 11.6. The van der Waals surface area contributed by atoms with Gasteiger partial charge in [-0.2, -0.15) is 0 Å². The smallest absolute Gasteiger partial charge is 0.258 e. The number of nitrogens with one attached hydrogen (secondary N) is 2. The van der Waals surface area contributed by atoms with Crippen LogP contribution in [-0.2, 0) is 22.6 Å². The monoisotopic (exact) mass is 324 g/mol. The first kappa shape index (κ1) is 16.1.